The van der Waals surface area contributed by atoms with Gasteiger partial charge in [-0.05, 0) is 19.8 Å². The number of aromatic nitrogens is 2. The van der Waals surface area contributed by atoms with E-state index in [0.29, 0.717) is 6.04 Å². The van der Waals surface area contributed by atoms with Crippen molar-refractivity contribution in [2.75, 3.05) is 0 Å². The van der Waals surface area contributed by atoms with Crippen molar-refractivity contribution in [2.45, 2.75) is 57.7 Å². The summed E-state index contributed by atoms with van der Waals surface area (Å²) < 4.78 is 1.86. The SMILES string of the molecule is CCn1cc(C(C#N)NC2CCCCC2)cn1. The molecule has 1 aromatic rings. The molecule has 1 fully saturated rings. The minimum atomic E-state index is -0.210. The van der Waals surface area contributed by atoms with Crippen LogP contribution in [0.4, 0.5) is 0 Å². The Kier molecular flexibility index (Phi) is 4.16. The minimum absolute atomic E-state index is 0.210. The molecule has 0 aliphatic heterocycles. The van der Waals surface area contributed by atoms with Crippen molar-refractivity contribution in [2.24, 2.45) is 0 Å². The molecule has 2 rings (SSSR count). The van der Waals surface area contributed by atoms with Crippen LogP contribution in [0.15, 0.2) is 12.4 Å². The number of rotatable bonds is 4. The second kappa shape index (κ2) is 5.83. The summed E-state index contributed by atoms with van der Waals surface area (Å²) in [5.41, 5.74) is 0.986. The maximum absolute atomic E-state index is 9.24. The normalized spacial score (nSPS) is 18.8. The van der Waals surface area contributed by atoms with Crippen molar-refractivity contribution in [3.8, 4) is 6.07 Å². The van der Waals surface area contributed by atoms with E-state index in [9.17, 15) is 5.26 Å². The van der Waals surface area contributed by atoms with Gasteiger partial charge in [0.1, 0.15) is 6.04 Å². The molecule has 0 saturated heterocycles. The lowest BCUT2D eigenvalue weighted by Gasteiger charge is -2.24. The van der Waals surface area contributed by atoms with Gasteiger partial charge in [-0.2, -0.15) is 10.4 Å². The van der Waals surface area contributed by atoms with E-state index in [-0.39, 0.29) is 6.04 Å². The summed E-state index contributed by atoms with van der Waals surface area (Å²) in [4.78, 5) is 0. The molecule has 0 aromatic carbocycles. The van der Waals surface area contributed by atoms with Gasteiger partial charge in [0, 0.05) is 24.3 Å². The van der Waals surface area contributed by atoms with Crippen LogP contribution in [0.3, 0.4) is 0 Å². The fourth-order valence-corrected chi connectivity index (χ4v) is 2.41. The van der Waals surface area contributed by atoms with Gasteiger partial charge in [0.05, 0.1) is 12.3 Å². The van der Waals surface area contributed by atoms with E-state index in [4.69, 9.17) is 0 Å². The molecule has 92 valence electrons. The van der Waals surface area contributed by atoms with Crippen molar-refractivity contribution in [3.05, 3.63) is 18.0 Å². The van der Waals surface area contributed by atoms with Crippen LogP contribution in [-0.4, -0.2) is 15.8 Å². The Bertz CT molecular complexity index is 384. The van der Waals surface area contributed by atoms with Crippen molar-refractivity contribution >= 4 is 0 Å². The first kappa shape index (κ1) is 12.1. The second-order valence-electron chi connectivity index (χ2n) is 4.69. The molecule has 0 spiro atoms. The van der Waals surface area contributed by atoms with Gasteiger partial charge in [0.15, 0.2) is 0 Å². The Morgan fingerprint density at radius 1 is 1.53 bits per heavy atom. The Labute approximate surface area is 103 Å². The van der Waals surface area contributed by atoms with Gasteiger partial charge in [-0.25, -0.2) is 0 Å². The fraction of sp³-hybridized carbons (Fsp3) is 0.692. The lowest BCUT2D eigenvalue weighted by atomic mass is 9.94. The maximum atomic E-state index is 9.24. The molecule has 4 nitrogen and oxygen atoms in total. The van der Waals surface area contributed by atoms with Crippen LogP contribution in [0.1, 0.15) is 50.6 Å². The third-order valence-corrected chi connectivity index (χ3v) is 3.45. The molecule has 1 aromatic heterocycles. The number of nitrogens with one attached hydrogen (secondary N) is 1. The van der Waals surface area contributed by atoms with E-state index in [1.54, 1.807) is 6.20 Å². The lowest BCUT2D eigenvalue weighted by molar-refractivity contribution is 0.359. The van der Waals surface area contributed by atoms with E-state index < -0.39 is 0 Å². The zero-order valence-corrected chi connectivity index (χ0v) is 10.4. The van der Waals surface area contributed by atoms with Crippen LogP contribution in [0.2, 0.25) is 0 Å². The average Bonchev–Trinajstić information content (AvgIpc) is 2.86. The summed E-state index contributed by atoms with van der Waals surface area (Å²) in [7, 11) is 0. The van der Waals surface area contributed by atoms with Crippen LogP contribution in [0.5, 0.6) is 0 Å². The molecule has 1 atom stereocenters. The Balaban J connectivity index is 1.98. The van der Waals surface area contributed by atoms with E-state index in [1.165, 1.54) is 32.1 Å². The van der Waals surface area contributed by atoms with Gasteiger partial charge < -0.3 is 0 Å². The van der Waals surface area contributed by atoms with Gasteiger partial charge in [0.25, 0.3) is 0 Å². The molecule has 1 saturated carbocycles. The number of nitriles is 1. The first-order chi connectivity index (χ1) is 8.33. The summed E-state index contributed by atoms with van der Waals surface area (Å²) in [6.45, 7) is 2.90. The minimum Gasteiger partial charge on any atom is -0.295 e. The maximum Gasteiger partial charge on any atom is 0.124 e. The van der Waals surface area contributed by atoms with Crippen LogP contribution in [0.25, 0.3) is 0 Å². The number of aryl methyl sites for hydroxylation is 1. The van der Waals surface area contributed by atoms with Crippen LogP contribution < -0.4 is 5.32 Å². The first-order valence-electron chi connectivity index (χ1n) is 6.51. The van der Waals surface area contributed by atoms with Crippen molar-refractivity contribution < 1.29 is 0 Å². The Morgan fingerprint density at radius 3 is 2.88 bits per heavy atom. The molecule has 0 radical (unpaired) electrons. The zero-order valence-electron chi connectivity index (χ0n) is 10.4. The smallest absolute Gasteiger partial charge is 0.124 e. The standard InChI is InChI=1S/C13H20N4/c1-2-17-10-11(9-15-17)13(8-14)16-12-6-4-3-5-7-12/h9-10,12-13,16H,2-7H2,1H3. The van der Waals surface area contributed by atoms with Gasteiger partial charge in [-0.1, -0.05) is 19.3 Å². The van der Waals surface area contributed by atoms with E-state index in [0.717, 1.165) is 12.1 Å². The molecular formula is C13H20N4. The summed E-state index contributed by atoms with van der Waals surface area (Å²) >= 11 is 0. The topological polar surface area (TPSA) is 53.6 Å². The third kappa shape index (κ3) is 3.07. The molecule has 0 bridgehead atoms. The summed E-state index contributed by atoms with van der Waals surface area (Å²) in [5, 5.41) is 16.9. The van der Waals surface area contributed by atoms with Crippen LogP contribution in [-0.2, 0) is 6.54 Å². The molecule has 1 unspecified atom stereocenters. The van der Waals surface area contributed by atoms with Crippen molar-refractivity contribution in [3.63, 3.8) is 0 Å². The molecule has 1 N–H and O–H groups in total. The van der Waals surface area contributed by atoms with Gasteiger partial charge >= 0.3 is 0 Å². The molecule has 0 amide bonds. The van der Waals surface area contributed by atoms with Crippen molar-refractivity contribution in [1.29, 1.82) is 5.26 Å². The predicted octanol–water partition coefficient (Wildman–Crippen LogP) is 2.39. The summed E-state index contributed by atoms with van der Waals surface area (Å²) in [5.74, 6) is 0. The van der Waals surface area contributed by atoms with Gasteiger partial charge in [0.2, 0.25) is 0 Å². The van der Waals surface area contributed by atoms with E-state index in [1.807, 2.05) is 17.8 Å². The van der Waals surface area contributed by atoms with E-state index >= 15 is 0 Å². The highest BCUT2D eigenvalue weighted by atomic mass is 15.3. The highest BCUT2D eigenvalue weighted by Gasteiger charge is 2.19. The Morgan fingerprint density at radius 2 is 2.29 bits per heavy atom. The average molecular weight is 232 g/mol. The number of nitrogens with zero attached hydrogens (tertiary/aromatic N) is 3. The fourth-order valence-electron chi connectivity index (χ4n) is 2.41. The largest absolute Gasteiger partial charge is 0.295 e. The highest BCUT2D eigenvalue weighted by molar-refractivity contribution is 5.18. The number of hydrogen-bond acceptors (Lipinski definition) is 3. The van der Waals surface area contributed by atoms with Gasteiger partial charge in [-0.3, -0.25) is 10.00 Å². The monoisotopic (exact) mass is 232 g/mol. The van der Waals surface area contributed by atoms with E-state index in [2.05, 4.69) is 16.5 Å². The molecule has 1 aliphatic carbocycles. The van der Waals surface area contributed by atoms with Crippen molar-refractivity contribution in [1.82, 2.24) is 15.1 Å². The predicted molar refractivity (Wildman–Crippen MR) is 66.3 cm³/mol. The molecule has 4 heteroatoms. The third-order valence-electron chi connectivity index (χ3n) is 3.45. The molecular weight excluding hydrogens is 212 g/mol. The molecule has 1 aliphatic rings. The number of hydrogen-bond donors (Lipinski definition) is 1. The summed E-state index contributed by atoms with van der Waals surface area (Å²) in [6, 6.07) is 2.63. The molecule has 17 heavy (non-hydrogen) atoms. The zero-order chi connectivity index (χ0) is 12.1. The van der Waals surface area contributed by atoms with Crippen LogP contribution in [0, 0.1) is 11.3 Å². The lowest BCUT2D eigenvalue weighted by Crippen LogP contribution is -2.33. The second-order valence-corrected chi connectivity index (χ2v) is 4.69. The quantitative estimate of drug-likeness (QED) is 0.867. The first-order valence-corrected chi connectivity index (χ1v) is 6.51. The Hall–Kier alpha value is -1.34. The van der Waals surface area contributed by atoms with Crippen LogP contribution >= 0.6 is 0 Å². The molecule has 1 heterocycles. The highest BCUT2D eigenvalue weighted by Crippen LogP contribution is 2.21. The summed E-state index contributed by atoms with van der Waals surface area (Å²) in [6.07, 6.45) is 10.0. The van der Waals surface area contributed by atoms with Gasteiger partial charge in [-0.15, -0.1) is 0 Å².